The molecule has 1 aromatic carbocycles. The van der Waals surface area contributed by atoms with Gasteiger partial charge in [-0.3, -0.25) is 0 Å². The molecule has 0 heterocycles. The average molecular weight is 258 g/mol. The molecule has 1 atom stereocenters. The molecule has 3 heteroatoms. The maximum absolute atomic E-state index is 5.73. The Labute approximate surface area is 93.6 Å². The standard InChI is InChI=1S/C11H16BrNO/c1-2-11(13)8-14-7-9-3-5-10(12)6-4-9/h3-6,11H,2,7-8,13H2,1H3/t11-/m1/s1. The van der Waals surface area contributed by atoms with Crippen LogP contribution in [0.4, 0.5) is 0 Å². The minimum absolute atomic E-state index is 0.158. The molecule has 78 valence electrons. The quantitative estimate of drug-likeness (QED) is 0.881. The van der Waals surface area contributed by atoms with Crippen molar-refractivity contribution >= 4 is 15.9 Å². The maximum atomic E-state index is 5.73. The summed E-state index contributed by atoms with van der Waals surface area (Å²) in [6, 6.07) is 8.27. The van der Waals surface area contributed by atoms with Crippen LogP contribution in [0.5, 0.6) is 0 Å². The molecule has 0 aromatic heterocycles. The van der Waals surface area contributed by atoms with Crippen molar-refractivity contribution in [1.29, 1.82) is 0 Å². The largest absolute Gasteiger partial charge is 0.375 e. The van der Waals surface area contributed by atoms with Crippen molar-refractivity contribution in [2.45, 2.75) is 26.0 Å². The van der Waals surface area contributed by atoms with E-state index < -0.39 is 0 Å². The molecule has 0 radical (unpaired) electrons. The van der Waals surface area contributed by atoms with Crippen molar-refractivity contribution in [3.8, 4) is 0 Å². The van der Waals surface area contributed by atoms with E-state index in [2.05, 4.69) is 22.9 Å². The number of nitrogens with two attached hydrogens (primary N) is 1. The highest BCUT2D eigenvalue weighted by Gasteiger charge is 1.99. The zero-order valence-corrected chi connectivity index (χ0v) is 9.96. The van der Waals surface area contributed by atoms with Crippen LogP contribution >= 0.6 is 15.9 Å². The fourth-order valence-electron chi connectivity index (χ4n) is 1.03. The molecule has 2 N–H and O–H groups in total. The smallest absolute Gasteiger partial charge is 0.0717 e. The topological polar surface area (TPSA) is 35.2 Å². The first kappa shape index (κ1) is 11.7. The van der Waals surface area contributed by atoms with E-state index >= 15 is 0 Å². The first-order valence-electron chi connectivity index (χ1n) is 4.80. The van der Waals surface area contributed by atoms with Gasteiger partial charge >= 0.3 is 0 Å². The molecule has 1 rings (SSSR count). The minimum atomic E-state index is 0.158. The first-order chi connectivity index (χ1) is 6.72. The van der Waals surface area contributed by atoms with Gasteiger partial charge in [0.25, 0.3) is 0 Å². The Hall–Kier alpha value is -0.380. The summed E-state index contributed by atoms with van der Waals surface area (Å²) in [4.78, 5) is 0. The summed E-state index contributed by atoms with van der Waals surface area (Å²) in [5.74, 6) is 0. The van der Waals surface area contributed by atoms with Gasteiger partial charge in [0.1, 0.15) is 0 Å². The Kier molecular flexibility index (Phi) is 5.15. The molecule has 0 aliphatic carbocycles. The Balaban J connectivity index is 2.28. The number of rotatable bonds is 5. The number of hydrogen-bond acceptors (Lipinski definition) is 2. The number of hydrogen-bond donors (Lipinski definition) is 1. The lowest BCUT2D eigenvalue weighted by atomic mass is 10.2. The number of ether oxygens (including phenoxy) is 1. The second-order valence-electron chi connectivity index (χ2n) is 3.31. The Bertz CT molecular complexity index is 260. The van der Waals surface area contributed by atoms with Crippen molar-refractivity contribution in [2.24, 2.45) is 5.73 Å². The fraction of sp³-hybridized carbons (Fsp3) is 0.455. The van der Waals surface area contributed by atoms with Gasteiger partial charge < -0.3 is 10.5 Å². The predicted octanol–water partition coefficient (Wildman–Crippen LogP) is 2.70. The molecule has 0 amide bonds. The van der Waals surface area contributed by atoms with E-state index in [0.717, 1.165) is 10.9 Å². The van der Waals surface area contributed by atoms with E-state index in [-0.39, 0.29) is 6.04 Å². The third kappa shape index (κ3) is 4.22. The lowest BCUT2D eigenvalue weighted by molar-refractivity contribution is 0.107. The summed E-state index contributed by atoms with van der Waals surface area (Å²) >= 11 is 3.39. The summed E-state index contributed by atoms with van der Waals surface area (Å²) in [6.07, 6.45) is 0.959. The van der Waals surface area contributed by atoms with Crippen LogP contribution in [-0.2, 0) is 11.3 Å². The normalized spacial score (nSPS) is 12.8. The fourth-order valence-corrected chi connectivity index (χ4v) is 1.29. The SMILES string of the molecule is CC[C@@H](N)COCc1ccc(Br)cc1. The highest BCUT2D eigenvalue weighted by atomic mass is 79.9. The summed E-state index contributed by atoms with van der Waals surface area (Å²) in [5.41, 5.74) is 6.91. The van der Waals surface area contributed by atoms with E-state index in [4.69, 9.17) is 10.5 Å². The van der Waals surface area contributed by atoms with Gasteiger partial charge in [0.05, 0.1) is 13.2 Å². The lowest BCUT2D eigenvalue weighted by Gasteiger charge is -2.09. The lowest BCUT2D eigenvalue weighted by Crippen LogP contribution is -2.24. The highest BCUT2D eigenvalue weighted by Crippen LogP contribution is 2.11. The van der Waals surface area contributed by atoms with E-state index in [9.17, 15) is 0 Å². The van der Waals surface area contributed by atoms with Crippen molar-refractivity contribution in [3.63, 3.8) is 0 Å². The summed E-state index contributed by atoms with van der Waals surface area (Å²) in [5, 5.41) is 0. The monoisotopic (exact) mass is 257 g/mol. The number of benzene rings is 1. The average Bonchev–Trinajstić information content (AvgIpc) is 2.21. The van der Waals surface area contributed by atoms with E-state index in [1.54, 1.807) is 0 Å². The molecule has 1 aromatic rings. The van der Waals surface area contributed by atoms with Crippen molar-refractivity contribution in [2.75, 3.05) is 6.61 Å². The van der Waals surface area contributed by atoms with Gasteiger partial charge in [-0.15, -0.1) is 0 Å². The minimum Gasteiger partial charge on any atom is -0.375 e. The van der Waals surface area contributed by atoms with Crippen molar-refractivity contribution in [1.82, 2.24) is 0 Å². The van der Waals surface area contributed by atoms with Gasteiger partial charge in [-0.25, -0.2) is 0 Å². The molecule has 0 bridgehead atoms. The Morgan fingerprint density at radius 3 is 2.57 bits per heavy atom. The van der Waals surface area contributed by atoms with Gasteiger partial charge in [0.2, 0.25) is 0 Å². The van der Waals surface area contributed by atoms with E-state index in [1.807, 2.05) is 24.3 Å². The van der Waals surface area contributed by atoms with Crippen molar-refractivity contribution < 1.29 is 4.74 Å². The molecule has 14 heavy (non-hydrogen) atoms. The predicted molar refractivity (Wildman–Crippen MR) is 62.1 cm³/mol. The second-order valence-corrected chi connectivity index (χ2v) is 4.23. The number of halogens is 1. The molecular weight excluding hydrogens is 242 g/mol. The van der Waals surface area contributed by atoms with Crippen LogP contribution in [0.15, 0.2) is 28.7 Å². The van der Waals surface area contributed by atoms with Crippen molar-refractivity contribution in [3.05, 3.63) is 34.3 Å². The molecule has 0 aliphatic heterocycles. The van der Waals surface area contributed by atoms with E-state index in [0.29, 0.717) is 13.2 Å². The van der Waals surface area contributed by atoms with Gasteiger partial charge in [-0.2, -0.15) is 0 Å². The molecule has 0 spiro atoms. The van der Waals surface area contributed by atoms with Crippen LogP contribution in [0.2, 0.25) is 0 Å². The third-order valence-electron chi connectivity index (χ3n) is 2.04. The summed E-state index contributed by atoms with van der Waals surface area (Å²) in [6.45, 7) is 3.33. The van der Waals surface area contributed by atoms with Crippen LogP contribution in [0.1, 0.15) is 18.9 Å². The summed E-state index contributed by atoms with van der Waals surface area (Å²) in [7, 11) is 0. The Morgan fingerprint density at radius 2 is 2.00 bits per heavy atom. The van der Waals surface area contributed by atoms with Gasteiger partial charge in [0, 0.05) is 10.5 Å². The van der Waals surface area contributed by atoms with Gasteiger partial charge in [0.15, 0.2) is 0 Å². The van der Waals surface area contributed by atoms with E-state index in [1.165, 1.54) is 5.56 Å². The van der Waals surface area contributed by atoms with Crippen LogP contribution < -0.4 is 5.73 Å². The summed E-state index contributed by atoms with van der Waals surface area (Å²) < 4.78 is 6.56. The molecule has 0 aliphatic rings. The van der Waals surface area contributed by atoms with Crippen LogP contribution in [0, 0.1) is 0 Å². The highest BCUT2D eigenvalue weighted by molar-refractivity contribution is 9.10. The molecule has 0 unspecified atom stereocenters. The molecule has 0 fully saturated rings. The molecular formula is C11H16BrNO. The second kappa shape index (κ2) is 6.17. The Morgan fingerprint density at radius 1 is 1.36 bits per heavy atom. The molecule has 0 saturated carbocycles. The first-order valence-corrected chi connectivity index (χ1v) is 5.59. The van der Waals surface area contributed by atoms with Gasteiger partial charge in [-0.05, 0) is 24.1 Å². The molecule has 2 nitrogen and oxygen atoms in total. The molecule has 0 saturated heterocycles. The maximum Gasteiger partial charge on any atom is 0.0717 e. The third-order valence-corrected chi connectivity index (χ3v) is 2.57. The van der Waals surface area contributed by atoms with Crippen LogP contribution in [-0.4, -0.2) is 12.6 Å². The van der Waals surface area contributed by atoms with Crippen LogP contribution in [0.25, 0.3) is 0 Å². The van der Waals surface area contributed by atoms with Crippen LogP contribution in [0.3, 0.4) is 0 Å². The zero-order valence-electron chi connectivity index (χ0n) is 8.37. The zero-order chi connectivity index (χ0) is 10.4. The van der Waals surface area contributed by atoms with Gasteiger partial charge in [-0.1, -0.05) is 35.0 Å².